The molecule has 1 aromatic carbocycles. The third-order valence-electron chi connectivity index (χ3n) is 6.31. The molecule has 1 aromatic heterocycles. The molecule has 3 rings (SSSR count). The minimum Gasteiger partial charge on any atom is -0.465 e. The van der Waals surface area contributed by atoms with E-state index < -0.39 is 16.6 Å². The molecule has 0 saturated carbocycles. The molecule has 1 fully saturated rings. The van der Waals surface area contributed by atoms with E-state index in [1.165, 1.54) is 4.90 Å². The van der Waals surface area contributed by atoms with Crippen molar-refractivity contribution in [2.24, 2.45) is 5.73 Å². The van der Waals surface area contributed by atoms with Gasteiger partial charge in [0.05, 0.1) is 24.3 Å². The summed E-state index contributed by atoms with van der Waals surface area (Å²) in [6.07, 6.45) is 3.66. The van der Waals surface area contributed by atoms with Crippen LogP contribution in [0.1, 0.15) is 57.6 Å². The van der Waals surface area contributed by atoms with Gasteiger partial charge in [-0.1, -0.05) is 37.6 Å². The Bertz CT molecular complexity index is 1070. The second-order valence-corrected chi connectivity index (χ2v) is 9.17. The van der Waals surface area contributed by atoms with Crippen molar-refractivity contribution in [1.29, 1.82) is 0 Å². The summed E-state index contributed by atoms with van der Waals surface area (Å²) in [6.45, 7) is 6.95. The van der Waals surface area contributed by atoms with Gasteiger partial charge in [-0.15, -0.1) is 0 Å². The van der Waals surface area contributed by atoms with Gasteiger partial charge in [-0.3, -0.25) is 19.8 Å². The van der Waals surface area contributed by atoms with Crippen LogP contribution in [-0.2, 0) is 22.6 Å². The van der Waals surface area contributed by atoms with E-state index in [0.29, 0.717) is 19.2 Å². The van der Waals surface area contributed by atoms with Crippen molar-refractivity contribution >= 4 is 23.3 Å². The number of carbonyl (C=O) groups is 1. The molecule has 0 amide bonds. The number of ether oxygens (including phenoxy) is 2. The van der Waals surface area contributed by atoms with E-state index in [0.717, 1.165) is 36.8 Å². The van der Waals surface area contributed by atoms with Crippen LogP contribution in [-0.4, -0.2) is 57.7 Å². The molecule has 1 aliphatic heterocycles. The summed E-state index contributed by atoms with van der Waals surface area (Å²) < 4.78 is 10.7. The van der Waals surface area contributed by atoms with E-state index in [4.69, 9.17) is 20.9 Å². The van der Waals surface area contributed by atoms with E-state index in [1.54, 1.807) is 6.92 Å². The number of nitrogens with two attached hydrogens (primary N) is 2. The summed E-state index contributed by atoms with van der Waals surface area (Å²) in [4.78, 5) is 35.8. The molecule has 2 heterocycles. The van der Waals surface area contributed by atoms with Gasteiger partial charge in [0, 0.05) is 19.1 Å². The standard InChI is InChI=1S/C25H37N7O5/c1-4-6-12-37-25-28-23(27)22(32(34)35)24(29-25)30(16-21(33)36-5-2)14-18-8-7-9-19(13-18)15-31-17(3)10-11-20(31)26/h7-9,13,17,20H,4-6,10-12,14-16,26H2,1-3H3,(H2,27,28,29). The molecule has 202 valence electrons. The fraction of sp³-hybridized carbons (Fsp3) is 0.560. The monoisotopic (exact) mass is 515 g/mol. The number of benzene rings is 1. The third kappa shape index (κ3) is 7.49. The number of aromatic nitrogens is 2. The number of esters is 1. The second-order valence-electron chi connectivity index (χ2n) is 9.17. The summed E-state index contributed by atoms with van der Waals surface area (Å²) in [7, 11) is 0. The smallest absolute Gasteiger partial charge is 0.353 e. The van der Waals surface area contributed by atoms with Crippen molar-refractivity contribution in [2.75, 3.05) is 30.4 Å². The van der Waals surface area contributed by atoms with E-state index in [9.17, 15) is 14.9 Å². The number of nitrogens with zero attached hydrogens (tertiary/aromatic N) is 5. The Labute approximate surface area is 217 Å². The molecule has 0 spiro atoms. The van der Waals surface area contributed by atoms with Crippen LogP contribution in [0.4, 0.5) is 17.3 Å². The molecule has 0 bridgehead atoms. The van der Waals surface area contributed by atoms with Crippen LogP contribution in [0, 0.1) is 10.1 Å². The summed E-state index contributed by atoms with van der Waals surface area (Å²) in [5.74, 6) is -0.978. The highest BCUT2D eigenvalue weighted by atomic mass is 16.6. The molecule has 12 heteroatoms. The Hall–Kier alpha value is -3.51. The quantitative estimate of drug-likeness (QED) is 0.174. The summed E-state index contributed by atoms with van der Waals surface area (Å²) >= 11 is 0. The average Bonchev–Trinajstić information content (AvgIpc) is 3.15. The molecule has 4 N–H and O–H groups in total. The summed E-state index contributed by atoms with van der Waals surface area (Å²) in [5.41, 5.74) is 13.6. The van der Waals surface area contributed by atoms with Crippen LogP contribution in [0.3, 0.4) is 0 Å². The van der Waals surface area contributed by atoms with Gasteiger partial charge in [-0.2, -0.15) is 9.97 Å². The average molecular weight is 516 g/mol. The van der Waals surface area contributed by atoms with Gasteiger partial charge < -0.3 is 25.8 Å². The Kier molecular flexibility index (Phi) is 9.98. The van der Waals surface area contributed by atoms with Crippen molar-refractivity contribution < 1.29 is 19.2 Å². The molecule has 0 aliphatic carbocycles. The van der Waals surface area contributed by atoms with Crippen molar-refractivity contribution in [3.05, 3.63) is 45.5 Å². The molecule has 2 atom stereocenters. The lowest BCUT2D eigenvalue weighted by Gasteiger charge is -2.26. The summed E-state index contributed by atoms with van der Waals surface area (Å²) in [5, 5.41) is 11.9. The first kappa shape index (κ1) is 28.1. The van der Waals surface area contributed by atoms with Crippen LogP contribution in [0.25, 0.3) is 0 Å². The fourth-order valence-electron chi connectivity index (χ4n) is 4.38. The van der Waals surface area contributed by atoms with Crippen LogP contribution in [0.2, 0.25) is 0 Å². The van der Waals surface area contributed by atoms with E-state index in [1.807, 2.05) is 31.2 Å². The fourth-order valence-corrected chi connectivity index (χ4v) is 4.38. The molecular weight excluding hydrogens is 478 g/mol. The number of anilines is 2. The lowest BCUT2D eigenvalue weighted by atomic mass is 10.1. The Morgan fingerprint density at radius 2 is 2.03 bits per heavy atom. The summed E-state index contributed by atoms with van der Waals surface area (Å²) in [6, 6.07) is 8.14. The number of rotatable bonds is 13. The van der Waals surface area contributed by atoms with Crippen LogP contribution < -0.4 is 21.1 Å². The van der Waals surface area contributed by atoms with Crippen molar-refractivity contribution in [3.8, 4) is 6.01 Å². The maximum Gasteiger partial charge on any atom is 0.353 e. The lowest BCUT2D eigenvalue weighted by molar-refractivity contribution is -0.383. The molecule has 1 aliphatic rings. The van der Waals surface area contributed by atoms with E-state index in [-0.39, 0.29) is 43.5 Å². The van der Waals surface area contributed by atoms with Gasteiger partial charge in [-0.25, -0.2) is 0 Å². The minimum absolute atomic E-state index is 0.0109. The van der Waals surface area contributed by atoms with Crippen molar-refractivity contribution in [3.63, 3.8) is 0 Å². The molecule has 2 aromatic rings. The van der Waals surface area contributed by atoms with Gasteiger partial charge in [0.2, 0.25) is 11.6 Å². The number of hydrogen-bond acceptors (Lipinski definition) is 11. The van der Waals surface area contributed by atoms with Gasteiger partial charge in [-0.05, 0) is 44.2 Å². The van der Waals surface area contributed by atoms with E-state index in [2.05, 4.69) is 21.8 Å². The van der Waals surface area contributed by atoms with Crippen LogP contribution in [0.5, 0.6) is 6.01 Å². The molecule has 12 nitrogen and oxygen atoms in total. The Balaban J connectivity index is 1.95. The zero-order valence-corrected chi connectivity index (χ0v) is 21.8. The minimum atomic E-state index is -0.648. The highest BCUT2D eigenvalue weighted by Gasteiger charge is 2.30. The molecule has 37 heavy (non-hydrogen) atoms. The zero-order valence-electron chi connectivity index (χ0n) is 21.8. The number of hydrogen-bond donors (Lipinski definition) is 2. The van der Waals surface area contributed by atoms with Gasteiger partial charge in [0.1, 0.15) is 6.54 Å². The molecule has 0 radical (unpaired) electrons. The van der Waals surface area contributed by atoms with Crippen molar-refractivity contribution in [1.82, 2.24) is 14.9 Å². The number of nitro groups is 1. The topological polar surface area (TPSA) is 163 Å². The highest BCUT2D eigenvalue weighted by molar-refractivity contribution is 5.78. The highest BCUT2D eigenvalue weighted by Crippen LogP contribution is 2.34. The van der Waals surface area contributed by atoms with E-state index >= 15 is 0 Å². The van der Waals surface area contributed by atoms with Crippen molar-refractivity contribution in [2.45, 2.75) is 71.8 Å². The van der Waals surface area contributed by atoms with Gasteiger partial charge in [0.15, 0.2) is 0 Å². The molecular formula is C25H37N7O5. The SMILES string of the molecule is CCCCOc1nc(N)c([N+](=O)[O-])c(N(CC(=O)OCC)Cc2cccc(CN3C(C)CCC3N)c2)n1. The first-order chi connectivity index (χ1) is 17.7. The number of carbonyl (C=O) groups excluding carboxylic acids is 1. The maximum atomic E-state index is 12.5. The van der Waals surface area contributed by atoms with Crippen LogP contribution >= 0.6 is 0 Å². The Morgan fingerprint density at radius 3 is 2.68 bits per heavy atom. The predicted molar refractivity (Wildman–Crippen MR) is 140 cm³/mol. The zero-order chi connectivity index (χ0) is 26.9. The number of likely N-dealkylation sites (tertiary alicyclic amines) is 1. The predicted octanol–water partition coefficient (Wildman–Crippen LogP) is 2.98. The number of unbranched alkanes of at least 4 members (excludes halogenated alkanes) is 1. The lowest BCUT2D eigenvalue weighted by Crippen LogP contribution is -2.39. The Morgan fingerprint density at radius 1 is 1.27 bits per heavy atom. The third-order valence-corrected chi connectivity index (χ3v) is 6.31. The normalized spacial score (nSPS) is 17.5. The first-order valence-corrected chi connectivity index (χ1v) is 12.7. The second kappa shape index (κ2) is 13.2. The largest absolute Gasteiger partial charge is 0.465 e. The molecule has 2 unspecified atom stereocenters. The van der Waals surface area contributed by atoms with Gasteiger partial charge in [0.25, 0.3) is 0 Å². The van der Waals surface area contributed by atoms with Gasteiger partial charge >= 0.3 is 17.7 Å². The number of nitrogen functional groups attached to an aromatic ring is 1. The first-order valence-electron chi connectivity index (χ1n) is 12.7. The van der Waals surface area contributed by atoms with Crippen LogP contribution in [0.15, 0.2) is 24.3 Å². The maximum absolute atomic E-state index is 12.5. The molecule has 1 saturated heterocycles.